The van der Waals surface area contributed by atoms with Crippen molar-refractivity contribution in [3.63, 3.8) is 0 Å². The van der Waals surface area contributed by atoms with Crippen molar-refractivity contribution in [3.8, 4) is 11.1 Å². The van der Waals surface area contributed by atoms with Gasteiger partial charge in [-0.05, 0) is 71.6 Å². The Balaban J connectivity index is 1.67. The first kappa shape index (κ1) is 19.6. The fourth-order valence-corrected chi connectivity index (χ4v) is 4.15. The van der Waals surface area contributed by atoms with Gasteiger partial charge in [-0.15, -0.1) is 0 Å². The Kier molecular flexibility index (Phi) is 5.15. The van der Waals surface area contributed by atoms with Crippen LogP contribution >= 0.6 is 0 Å². The minimum Gasteiger partial charge on any atom is -0.206 e. The third kappa shape index (κ3) is 3.43. The van der Waals surface area contributed by atoms with E-state index in [2.05, 4.69) is 0 Å². The van der Waals surface area contributed by atoms with E-state index in [1.54, 1.807) is 25.1 Å². The van der Waals surface area contributed by atoms with Gasteiger partial charge in [0.1, 0.15) is 5.82 Å². The zero-order valence-electron chi connectivity index (χ0n) is 15.8. The molecule has 0 aromatic heterocycles. The maximum absolute atomic E-state index is 15.1. The van der Waals surface area contributed by atoms with Crippen molar-refractivity contribution in [1.82, 2.24) is 0 Å². The summed E-state index contributed by atoms with van der Waals surface area (Å²) < 4.78 is 70.5. The third-order valence-corrected chi connectivity index (χ3v) is 5.79. The predicted octanol–water partition coefficient (Wildman–Crippen LogP) is 6.88. The number of rotatable bonds is 3. The lowest BCUT2D eigenvalue weighted by molar-refractivity contribution is 0.465. The van der Waals surface area contributed by atoms with Gasteiger partial charge in [-0.1, -0.05) is 37.3 Å². The van der Waals surface area contributed by atoms with Gasteiger partial charge in [-0.2, -0.15) is 0 Å². The Hall–Kier alpha value is -2.69. The van der Waals surface area contributed by atoms with Crippen molar-refractivity contribution >= 4 is 0 Å². The molecule has 3 aromatic rings. The lowest BCUT2D eigenvalue weighted by Gasteiger charge is -2.27. The van der Waals surface area contributed by atoms with Crippen LogP contribution < -0.4 is 0 Å². The zero-order valence-corrected chi connectivity index (χ0v) is 15.8. The molecule has 0 N–H and O–H groups in total. The molecule has 0 bridgehead atoms. The molecule has 0 amide bonds. The van der Waals surface area contributed by atoms with Gasteiger partial charge in [0.05, 0.1) is 0 Å². The van der Waals surface area contributed by atoms with Crippen molar-refractivity contribution in [2.45, 2.75) is 38.5 Å². The van der Waals surface area contributed by atoms with Crippen molar-refractivity contribution < 1.29 is 22.0 Å². The van der Waals surface area contributed by atoms with Gasteiger partial charge in [0, 0.05) is 5.56 Å². The molecule has 0 saturated heterocycles. The first-order valence-corrected chi connectivity index (χ1v) is 9.63. The van der Waals surface area contributed by atoms with Crippen LogP contribution in [0.5, 0.6) is 0 Å². The fourth-order valence-electron chi connectivity index (χ4n) is 4.15. The van der Waals surface area contributed by atoms with Crippen LogP contribution in [0.25, 0.3) is 11.1 Å². The molecule has 1 atom stereocenters. The molecule has 0 spiro atoms. The second kappa shape index (κ2) is 7.62. The Morgan fingerprint density at radius 2 is 1.62 bits per heavy atom. The Bertz CT molecular complexity index is 1090. The number of hydrogen-bond acceptors (Lipinski definition) is 0. The van der Waals surface area contributed by atoms with E-state index in [0.717, 1.165) is 17.7 Å². The minimum absolute atomic E-state index is 0.200. The molecule has 1 aliphatic rings. The highest BCUT2D eigenvalue weighted by Crippen LogP contribution is 2.38. The average Bonchev–Trinajstić information content (AvgIpc) is 2.72. The summed E-state index contributed by atoms with van der Waals surface area (Å²) in [6, 6.07) is 9.77. The maximum atomic E-state index is 15.1. The standard InChI is InChI=1S/C24H19F5/c1-2-13-3-7-19(24(29)22(13)27)15-5-8-17-14(11-15)4-9-18(23(17)28)16-6-10-20(25)21(26)12-16/h3-4,6-7,9-10,12,15H,2,5,8,11H2,1H3. The van der Waals surface area contributed by atoms with E-state index in [9.17, 15) is 17.6 Å². The van der Waals surface area contributed by atoms with Gasteiger partial charge >= 0.3 is 0 Å². The van der Waals surface area contributed by atoms with Gasteiger partial charge in [0.25, 0.3) is 0 Å². The molecule has 1 aliphatic carbocycles. The molecule has 0 saturated carbocycles. The average molecular weight is 402 g/mol. The van der Waals surface area contributed by atoms with Crippen LogP contribution in [0.1, 0.15) is 41.5 Å². The van der Waals surface area contributed by atoms with E-state index in [1.807, 2.05) is 0 Å². The summed E-state index contributed by atoms with van der Waals surface area (Å²) in [6.07, 6.45) is 1.65. The van der Waals surface area contributed by atoms with Crippen molar-refractivity contribution in [1.29, 1.82) is 0 Å². The van der Waals surface area contributed by atoms with Gasteiger partial charge in [0.2, 0.25) is 0 Å². The summed E-state index contributed by atoms with van der Waals surface area (Å²) in [5.41, 5.74) is 2.33. The maximum Gasteiger partial charge on any atom is 0.162 e. The summed E-state index contributed by atoms with van der Waals surface area (Å²) in [4.78, 5) is 0. The van der Waals surface area contributed by atoms with Gasteiger partial charge < -0.3 is 0 Å². The molecule has 5 heteroatoms. The van der Waals surface area contributed by atoms with E-state index in [0.29, 0.717) is 42.4 Å². The van der Waals surface area contributed by atoms with Crippen LogP contribution in [-0.4, -0.2) is 0 Å². The van der Waals surface area contributed by atoms with E-state index in [4.69, 9.17) is 0 Å². The molecule has 3 aromatic carbocycles. The molecular weight excluding hydrogens is 383 g/mol. The van der Waals surface area contributed by atoms with E-state index in [-0.39, 0.29) is 17.0 Å². The third-order valence-electron chi connectivity index (χ3n) is 5.79. The first-order valence-electron chi connectivity index (χ1n) is 9.63. The summed E-state index contributed by atoms with van der Waals surface area (Å²) in [6.45, 7) is 1.77. The highest BCUT2D eigenvalue weighted by Gasteiger charge is 2.27. The van der Waals surface area contributed by atoms with Crippen LogP contribution in [0.4, 0.5) is 22.0 Å². The Labute approximate surface area is 166 Å². The molecule has 1 unspecified atom stereocenters. The number of benzene rings is 3. The first-order chi connectivity index (χ1) is 13.9. The molecule has 0 fully saturated rings. The molecule has 0 radical (unpaired) electrons. The number of aryl methyl sites for hydroxylation is 1. The second-order valence-corrected chi connectivity index (χ2v) is 7.43. The highest BCUT2D eigenvalue weighted by atomic mass is 19.2. The van der Waals surface area contributed by atoms with Crippen molar-refractivity contribution in [2.24, 2.45) is 0 Å². The zero-order chi connectivity index (χ0) is 20.7. The molecule has 29 heavy (non-hydrogen) atoms. The molecular formula is C24H19F5. The van der Waals surface area contributed by atoms with E-state index >= 15 is 4.39 Å². The Morgan fingerprint density at radius 1 is 0.828 bits per heavy atom. The monoisotopic (exact) mass is 402 g/mol. The second-order valence-electron chi connectivity index (χ2n) is 7.43. The summed E-state index contributed by atoms with van der Waals surface area (Å²) >= 11 is 0. The van der Waals surface area contributed by atoms with Crippen LogP contribution in [0.15, 0.2) is 42.5 Å². The van der Waals surface area contributed by atoms with Crippen LogP contribution in [0.2, 0.25) is 0 Å². The fraction of sp³-hybridized carbons (Fsp3) is 0.250. The lowest BCUT2D eigenvalue weighted by Crippen LogP contribution is -2.16. The number of fused-ring (bicyclic) bond motifs is 1. The van der Waals surface area contributed by atoms with Gasteiger partial charge in [0.15, 0.2) is 23.3 Å². The summed E-state index contributed by atoms with van der Waals surface area (Å²) in [5, 5.41) is 0. The van der Waals surface area contributed by atoms with Crippen LogP contribution in [0.3, 0.4) is 0 Å². The quantitative estimate of drug-likeness (QED) is 0.419. The largest absolute Gasteiger partial charge is 0.206 e. The van der Waals surface area contributed by atoms with Crippen molar-refractivity contribution in [3.05, 3.63) is 93.8 Å². The lowest BCUT2D eigenvalue weighted by atomic mass is 9.78. The number of hydrogen-bond donors (Lipinski definition) is 0. The summed E-state index contributed by atoms with van der Waals surface area (Å²) in [7, 11) is 0. The molecule has 0 heterocycles. The Morgan fingerprint density at radius 3 is 2.34 bits per heavy atom. The summed E-state index contributed by atoms with van der Waals surface area (Å²) in [5.74, 6) is -4.37. The molecule has 0 aliphatic heterocycles. The van der Waals surface area contributed by atoms with E-state index in [1.165, 1.54) is 12.1 Å². The topological polar surface area (TPSA) is 0 Å². The SMILES string of the molecule is CCc1ccc(C2CCc3c(ccc(-c4ccc(F)c(F)c4)c3F)C2)c(F)c1F. The van der Waals surface area contributed by atoms with Gasteiger partial charge in [-0.25, -0.2) is 22.0 Å². The van der Waals surface area contributed by atoms with E-state index < -0.39 is 29.1 Å². The van der Waals surface area contributed by atoms with Gasteiger partial charge in [-0.3, -0.25) is 0 Å². The molecule has 150 valence electrons. The van der Waals surface area contributed by atoms with Crippen molar-refractivity contribution in [2.75, 3.05) is 0 Å². The molecule has 4 rings (SSSR count). The number of halogens is 5. The predicted molar refractivity (Wildman–Crippen MR) is 102 cm³/mol. The van der Waals surface area contributed by atoms with Crippen LogP contribution in [0, 0.1) is 29.1 Å². The minimum atomic E-state index is -1.03. The molecule has 0 nitrogen and oxygen atoms in total. The smallest absolute Gasteiger partial charge is 0.162 e. The highest BCUT2D eigenvalue weighted by molar-refractivity contribution is 5.66. The van der Waals surface area contributed by atoms with Crippen LogP contribution in [-0.2, 0) is 19.3 Å². The normalized spacial score (nSPS) is 16.0.